The van der Waals surface area contributed by atoms with Crippen LogP contribution in [0.25, 0.3) is 5.57 Å². The molecule has 1 heteroatoms. The Bertz CT molecular complexity index is 672. The third kappa shape index (κ3) is 3.30. The number of nitrogens with zero attached hydrogens (tertiary/aromatic N) is 1. The summed E-state index contributed by atoms with van der Waals surface area (Å²) in [5, 5.41) is 0. The van der Waals surface area contributed by atoms with Crippen molar-refractivity contribution in [3.8, 4) is 0 Å². The number of rotatable bonds is 3. The second kappa shape index (κ2) is 6.80. The molecule has 2 saturated heterocycles. The molecule has 25 heavy (non-hydrogen) atoms. The van der Waals surface area contributed by atoms with E-state index in [1.54, 1.807) is 0 Å². The van der Waals surface area contributed by atoms with Crippen molar-refractivity contribution in [2.24, 2.45) is 5.92 Å². The highest BCUT2D eigenvalue weighted by Crippen LogP contribution is 2.42. The molecule has 2 heterocycles. The third-order valence-electron chi connectivity index (χ3n) is 6.68. The molecule has 2 fully saturated rings. The molecular formula is C24H30N+. The van der Waals surface area contributed by atoms with E-state index in [2.05, 4.69) is 80.8 Å². The minimum atomic E-state index is 0.705. The summed E-state index contributed by atoms with van der Waals surface area (Å²) in [6.45, 7) is 0. The van der Waals surface area contributed by atoms with Gasteiger partial charge < -0.3 is 4.48 Å². The monoisotopic (exact) mass is 332 g/mol. The summed E-state index contributed by atoms with van der Waals surface area (Å²) in [6.07, 6.45) is 9.51. The maximum atomic E-state index is 2.59. The first-order chi connectivity index (χ1) is 12.1. The quantitative estimate of drug-likeness (QED) is 0.649. The molecule has 130 valence electrons. The van der Waals surface area contributed by atoms with Crippen molar-refractivity contribution in [2.45, 2.75) is 44.2 Å². The molecule has 0 N–H and O–H groups in total. The molecule has 2 aliphatic heterocycles. The Morgan fingerprint density at radius 3 is 1.76 bits per heavy atom. The van der Waals surface area contributed by atoms with Crippen molar-refractivity contribution in [3.05, 3.63) is 77.9 Å². The maximum absolute atomic E-state index is 2.59. The van der Waals surface area contributed by atoms with Crippen LogP contribution in [0.5, 0.6) is 0 Å². The minimum Gasteiger partial charge on any atom is -0.324 e. The molecule has 2 bridgehead atoms. The van der Waals surface area contributed by atoms with Gasteiger partial charge in [0, 0.05) is 12.8 Å². The average Bonchev–Trinajstić information content (AvgIpc) is 2.61. The van der Waals surface area contributed by atoms with Gasteiger partial charge in [0.05, 0.1) is 26.2 Å². The smallest absolute Gasteiger partial charge is 0.0894 e. The predicted molar refractivity (Wildman–Crippen MR) is 106 cm³/mol. The lowest BCUT2D eigenvalue weighted by Crippen LogP contribution is -2.61. The molecular weight excluding hydrogens is 302 g/mol. The van der Waals surface area contributed by atoms with Crippen LogP contribution in [-0.4, -0.2) is 30.7 Å². The highest BCUT2D eigenvalue weighted by atomic mass is 15.4. The molecule has 2 aromatic rings. The van der Waals surface area contributed by atoms with Gasteiger partial charge in [-0.1, -0.05) is 66.7 Å². The first-order valence-electron chi connectivity index (χ1n) is 9.80. The van der Waals surface area contributed by atoms with Crippen LogP contribution >= 0.6 is 0 Å². The van der Waals surface area contributed by atoms with Crippen LogP contribution < -0.4 is 0 Å². The second-order valence-electron chi connectivity index (χ2n) is 8.41. The number of hydrogen-bond donors (Lipinski definition) is 0. The molecule has 0 aliphatic carbocycles. The Morgan fingerprint density at radius 1 is 0.800 bits per heavy atom. The van der Waals surface area contributed by atoms with E-state index >= 15 is 0 Å². The summed E-state index contributed by atoms with van der Waals surface area (Å²) in [5.74, 6) is 0.705. The third-order valence-corrected chi connectivity index (χ3v) is 6.68. The van der Waals surface area contributed by atoms with Crippen LogP contribution in [0.3, 0.4) is 0 Å². The van der Waals surface area contributed by atoms with E-state index in [0.29, 0.717) is 5.92 Å². The molecule has 0 radical (unpaired) electrons. The van der Waals surface area contributed by atoms with Gasteiger partial charge in [0.25, 0.3) is 0 Å². The van der Waals surface area contributed by atoms with Crippen molar-refractivity contribution in [2.75, 3.05) is 14.1 Å². The lowest BCUT2D eigenvalue weighted by atomic mass is 9.75. The zero-order valence-electron chi connectivity index (χ0n) is 15.6. The van der Waals surface area contributed by atoms with Crippen LogP contribution in [0, 0.1) is 5.92 Å². The highest BCUT2D eigenvalue weighted by Gasteiger charge is 2.45. The van der Waals surface area contributed by atoms with Crippen LogP contribution in [0.2, 0.25) is 0 Å². The van der Waals surface area contributed by atoms with Gasteiger partial charge in [0.1, 0.15) is 0 Å². The van der Waals surface area contributed by atoms with Gasteiger partial charge in [-0.15, -0.1) is 0 Å². The predicted octanol–water partition coefficient (Wildman–Crippen LogP) is 5.53. The summed E-state index contributed by atoms with van der Waals surface area (Å²) in [7, 11) is 4.92. The molecule has 2 aromatic carbocycles. The van der Waals surface area contributed by atoms with Gasteiger partial charge in [-0.05, 0) is 41.9 Å². The molecule has 4 rings (SSSR count). The first kappa shape index (κ1) is 16.6. The van der Waals surface area contributed by atoms with Crippen LogP contribution in [0.1, 0.15) is 43.2 Å². The van der Waals surface area contributed by atoms with Crippen molar-refractivity contribution < 1.29 is 4.48 Å². The SMILES string of the molecule is C[N+]1(C)[C@@H]2CCC[C@H]1CC(C=C(c1ccccc1)c1ccccc1)C2. The largest absolute Gasteiger partial charge is 0.324 e. The Morgan fingerprint density at radius 2 is 1.28 bits per heavy atom. The summed E-state index contributed by atoms with van der Waals surface area (Å²) < 4.78 is 1.25. The van der Waals surface area contributed by atoms with E-state index in [0.717, 1.165) is 12.1 Å². The fraction of sp³-hybridized carbons (Fsp3) is 0.417. The molecule has 1 unspecified atom stereocenters. The highest BCUT2D eigenvalue weighted by molar-refractivity contribution is 5.79. The Labute approximate surface area is 152 Å². The zero-order valence-corrected chi connectivity index (χ0v) is 15.6. The molecule has 3 atom stereocenters. The van der Waals surface area contributed by atoms with Gasteiger partial charge in [-0.2, -0.15) is 0 Å². The maximum Gasteiger partial charge on any atom is 0.0894 e. The van der Waals surface area contributed by atoms with E-state index in [9.17, 15) is 0 Å². The zero-order chi connectivity index (χ0) is 17.3. The molecule has 0 saturated carbocycles. The first-order valence-corrected chi connectivity index (χ1v) is 9.80. The number of benzene rings is 2. The van der Waals surface area contributed by atoms with Gasteiger partial charge in [0.15, 0.2) is 0 Å². The van der Waals surface area contributed by atoms with Crippen molar-refractivity contribution >= 4 is 5.57 Å². The summed E-state index contributed by atoms with van der Waals surface area (Å²) >= 11 is 0. The van der Waals surface area contributed by atoms with E-state index in [4.69, 9.17) is 0 Å². The summed E-state index contributed by atoms with van der Waals surface area (Å²) in [5.41, 5.74) is 4.10. The standard InChI is InChI=1S/C24H30N/c1-25(2)22-14-9-15-23(25)17-19(16-22)18-24(20-10-5-3-6-11-20)21-12-7-4-8-13-21/h3-8,10-13,18-19,22-23H,9,14-17H2,1-2H3/q+1/t19?,22-,23+. The lowest BCUT2D eigenvalue weighted by Gasteiger charge is -2.53. The van der Waals surface area contributed by atoms with Crippen molar-refractivity contribution in [1.82, 2.24) is 0 Å². The number of allylic oxidation sites excluding steroid dienone is 1. The summed E-state index contributed by atoms with van der Waals surface area (Å²) in [6, 6.07) is 23.5. The Balaban J connectivity index is 1.69. The number of piperidine rings is 2. The Hall–Kier alpha value is -1.86. The number of hydrogen-bond acceptors (Lipinski definition) is 0. The topological polar surface area (TPSA) is 0 Å². The number of quaternary nitrogens is 1. The fourth-order valence-electron chi connectivity index (χ4n) is 5.09. The molecule has 2 aliphatic rings. The molecule has 1 nitrogen and oxygen atoms in total. The van der Waals surface area contributed by atoms with Crippen LogP contribution in [0.15, 0.2) is 66.7 Å². The Kier molecular flexibility index (Phi) is 4.52. The lowest BCUT2D eigenvalue weighted by molar-refractivity contribution is -0.950. The van der Waals surface area contributed by atoms with E-state index in [-0.39, 0.29) is 0 Å². The normalized spacial score (nSPS) is 27.5. The van der Waals surface area contributed by atoms with E-state index in [1.807, 2.05) is 0 Å². The van der Waals surface area contributed by atoms with Gasteiger partial charge in [0.2, 0.25) is 0 Å². The molecule has 0 spiro atoms. The average molecular weight is 333 g/mol. The van der Waals surface area contributed by atoms with Crippen molar-refractivity contribution in [1.29, 1.82) is 0 Å². The second-order valence-corrected chi connectivity index (χ2v) is 8.41. The van der Waals surface area contributed by atoms with E-state index in [1.165, 1.54) is 53.3 Å². The van der Waals surface area contributed by atoms with E-state index < -0.39 is 0 Å². The van der Waals surface area contributed by atoms with Gasteiger partial charge >= 0.3 is 0 Å². The van der Waals surface area contributed by atoms with Gasteiger partial charge in [-0.25, -0.2) is 0 Å². The molecule has 0 amide bonds. The van der Waals surface area contributed by atoms with Crippen LogP contribution in [-0.2, 0) is 0 Å². The summed E-state index contributed by atoms with van der Waals surface area (Å²) in [4.78, 5) is 0. The fourth-order valence-corrected chi connectivity index (χ4v) is 5.09. The minimum absolute atomic E-state index is 0.705. The number of fused-ring (bicyclic) bond motifs is 2. The molecule has 0 aromatic heterocycles. The van der Waals surface area contributed by atoms with Crippen molar-refractivity contribution in [3.63, 3.8) is 0 Å². The van der Waals surface area contributed by atoms with Crippen LogP contribution in [0.4, 0.5) is 0 Å². The van der Waals surface area contributed by atoms with Gasteiger partial charge in [-0.3, -0.25) is 0 Å².